The second kappa shape index (κ2) is 5.29. The summed E-state index contributed by atoms with van der Waals surface area (Å²) < 4.78 is 10.5. The minimum Gasteiger partial charge on any atom is -0.454 e. The van der Waals surface area contributed by atoms with Crippen LogP contribution in [0.25, 0.3) is 0 Å². The van der Waals surface area contributed by atoms with E-state index in [1.165, 1.54) is 0 Å². The minimum atomic E-state index is -0.847. The molecule has 0 fully saturated rings. The van der Waals surface area contributed by atoms with Crippen molar-refractivity contribution in [3.63, 3.8) is 0 Å². The first kappa shape index (κ1) is 13.2. The van der Waals surface area contributed by atoms with Crippen molar-refractivity contribution in [2.45, 2.75) is 12.8 Å². The molecule has 1 aliphatic heterocycles. The van der Waals surface area contributed by atoms with Crippen molar-refractivity contribution < 1.29 is 14.3 Å². The number of nitrogens with zero attached hydrogens (tertiary/aromatic N) is 1. The van der Waals surface area contributed by atoms with E-state index in [1.54, 1.807) is 30.3 Å². The quantitative estimate of drug-likeness (QED) is 0.809. The lowest BCUT2D eigenvalue weighted by Crippen LogP contribution is -2.12. The van der Waals surface area contributed by atoms with E-state index in [4.69, 9.17) is 9.47 Å². The fourth-order valence-corrected chi connectivity index (χ4v) is 2.38. The predicted octanol–water partition coefficient (Wildman–Crippen LogP) is 3.21. The van der Waals surface area contributed by atoms with Crippen molar-refractivity contribution in [1.82, 2.24) is 0 Å². The Bertz CT molecular complexity index is 746. The maximum Gasteiger partial charge on any atom is 0.231 e. The minimum absolute atomic E-state index is 0.168. The molecule has 2 aromatic carbocycles. The van der Waals surface area contributed by atoms with Gasteiger partial charge in [-0.15, -0.1) is 0 Å². The number of aryl methyl sites for hydroxylation is 1. The lowest BCUT2D eigenvalue weighted by Gasteiger charge is -2.11. The molecule has 3 rings (SSSR count). The van der Waals surface area contributed by atoms with Gasteiger partial charge in [0.1, 0.15) is 5.92 Å². The van der Waals surface area contributed by atoms with E-state index in [1.807, 2.05) is 19.1 Å². The molecular weight excluding hydrogens is 266 g/mol. The van der Waals surface area contributed by atoms with Crippen LogP contribution in [0, 0.1) is 18.3 Å². The van der Waals surface area contributed by atoms with Crippen LogP contribution >= 0.6 is 0 Å². The van der Waals surface area contributed by atoms with Crippen molar-refractivity contribution in [1.29, 1.82) is 5.26 Å². The SMILES string of the molecule is Cc1ccccc1C(=O)C(C#N)c1ccc2c(c1)OCO2. The van der Waals surface area contributed by atoms with Crippen LogP contribution < -0.4 is 9.47 Å². The van der Waals surface area contributed by atoms with Crippen LogP contribution in [0.15, 0.2) is 42.5 Å². The third kappa shape index (κ3) is 2.34. The fraction of sp³-hybridized carbons (Fsp3) is 0.176. The van der Waals surface area contributed by atoms with Crippen molar-refractivity contribution in [3.8, 4) is 17.6 Å². The molecule has 0 N–H and O–H groups in total. The topological polar surface area (TPSA) is 59.3 Å². The number of hydrogen-bond acceptors (Lipinski definition) is 4. The summed E-state index contributed by atoms with van der Waals surface area (Å²) in [7, 11) is 0. The van der Waals surface area contributed by atoms with E-state index in [0.29, 0.717) is 22.6 Å². The average molecular weight is 279 g/mol. The number of fused-ring (bicyclic) bond motifs is 1. The molecular formula is C17H13NO3. The number of Topliss-reactive ketones (excluding diaryl/α,β-unsaturated/α-hetero) is 1. The molecule has 0 radical (unpaired) electrons. The molecule has 0 aliphatic carbocycles. The molecule has 0 aromatic heterocycles. The zero-order valence-corrected chi connectivity index (χ0v) is 11.5. The number of carbonyl (C=O) groups excluding carboxylic acids is 1. The molecule has 1 aliphatic rings. The fourth-order valence-electron chi connectivity index (χ4n) is 2.38. The Morgan fingerprint density at radius 2 is 1.95 bits per heavy atom. The van der Waals surface area contributed by atoms with Crippen LogP contribution in [-0.2, 0) is 0 Å². The summed E-state index contributed by atoms with van der Waals surface area (Å²) in [6.07, 6.45) is 0. The number of ketones is 1. The van der Waals surface area contributed by atoms with E-state index < -0.39 is 5.92 Å². The molecule has 4 nitrogen and oxygen atoms in total. The molecule has 1 heterocycles. The lowest BCUT2D eigenvalue weighted by molar-refractivity contribution is 0.0978. The van der Waals surface area contributed by atoms with E-state index in [9.17, 15) is 10.1 Å². The highest BCUT2D eigenvalue weighted by molar-refractivity contribution is 6.03. The second-order valence-electron chi connectivity index (χ2n) is 4.85. The number of nitriles is 1. The van der Waals surface area contributed by atoms with Crippen molar-refractivity contribution >= 4 is 5.78 Å². The lowest BCUT2D eigenvalue weighted by atomic mass is 9.90. The van der Waals surface area contributed by atoms with Gasteiger partial charge < -0.3 is 9.47 Å². The summed E-state index contributed by atoms with van der Waals surface area (Å²) in [4.78, 5) is 12.6. The summed E-state index contributed by atoms with van der Waals surface area (Å²) in [6.45, 7) is 2.03. The standard InChI is InChI=1S/C17H13NO3/c1-11-4-2-3-5-13(11)17(19)14(9-18)12-6-7-15-16(8-12)21-10-20-15/h2-8,14H,10H2,1H3. The maximum atomic E-state index is 12.6. The predicted molar refractivity (Wildman–Crippen MR) is 76.4 cm³/mol. The first-order chi connectivity index (χ1) is 10.2. The average Bonchev–Trinajstić information content (AvgIpc) is 2.96. The van der Waals surface area contributed by atoms with Gasteiger partial charge in [0, 0.05) is 5.56 Å². The van der Waals surface area contributed by atoms with E-state index in [0.717, 1.165) is 5.56 Å². The Balaban J connectivity index is 1.98. The summed E-state index contributed by atoms with van der Waals surface area (Å²) in [5, 5.41) is 9.41. The smallest absolute Gasteiger partial charge is 0.231 e. The monoisotopic (exact) mass is 279 g/mol. The zero-order chi connectivity index (χ0) is 14.8. The molecule has 21 heavy (non-hydrogen) atoms. The summed E-state index contributed by atoms with van der Waals surface area (Å²) >= 11 is 0. The van der Waals surface area contributed by atoms with Gasteiger partial charge in [0.05, 0.1) is 6.07 Å². The van der Waals surface area contributed by atoms with Gasteiger partial charge in [-0.25, -0.2) is 0 Å². The molecule has 1 atom stereocenters. The number of hydrogen-bond donors (Lipinski definition) is 0. The molecule has 0 amide bonds. The molecule has 0 spiro atoms. The van der Waals surface area contributed by atoms with Crippen LogP contribution in [-0.4, -0.2) is 12.6 Å². The molecule has 2 aromatic rings. The van der Waals surface area contributed by atoms with Crippen molar-refractivity contribution in [2.75, 3.05) is 6.79 Å². The first-order valence-electron chi connectivity index (χ1n) is 6.59. The second-order valence-corrected chi connectivity index (χ2v) is 4.85. The summed E-state index contributed by atoms with van der Waals surface area (Å²) in [6, 6.07) is 14.5. The largest absolute Gasteiger partial charge is 0.454 e. The first-order valence-corrected chi connectivity index (χ1v) is 6.59. The van der Waals surface area contributed by atoms with Gasteiger partial charge in [-0.1, -0.05) is 30.3 Å². The van der Waals surface area contributed by atoms with Gasteiger partial charge >= 0.3 is 0 Å². The van der Waals surface area contributed by atoms with Gasteiger partial charge in [-0.05, 0) is 30.2 Å². The van der Waals surface area contributed by atoms with E-state index in [2.05, 4.69) is 6.07 Å². The van der Waals surface area contributed by atoms with Crippen molar-refractivity contribution in [2.24, 2.45) is 0 Å². The van der Waals surface area contributed by atoms with Crippen LogP contribution in [0.2, 0.25) is 0 Å². The summed E-state index contributed by atoms with van der Waals surface area (Å²) in [5.74, 6) is 0.166. The third-order valence-electron chi connectivity index (χ3n) is 3.53. The van der Waals surface area contributed by atoms with Gasteiger partial charge in [0.25, 0.3) is 0 Å². The van der Waals surface area contributed by atoms with Crippen LogP contribution in [0.5, 0.6) is 11.5 Å². The zero-order valence-electron chi connectivity index (χ0n) is 11.5. The van der Waals surface area contributed by atoms with Crippen LogP contribution in [0.3, 0.4) is 0 Å². The van der Waals surface area contributed by atoms with Crippen LogP contribution in [0.4, 0.5) is 0 Å². The van der Waals surface area contributed by atoms with Crippen molar-refractivity contribution in [3.05, 3.63) is 59.2 Å². The normalized spacial score (nSPS) is 13.5. The number of carbonyl (C=O) groups is 1. The highest BCUT2D eigenvalue weighted by Gasteiger charge is 2.25. The Kier molecular flexibility index (Phi) is 3.33. The number of benzene rings is 2. The Hall–Kier alpha value is -2.80. The van der Waals surface area contributed by atoms with Gasteiger partial charge in [0.2, 0.25) is 6.79 Å². The number of rotatable bonds is 3. The Morgan fingerprint density at radius 1 is 1.19 bits per heavy atom. The Morgan fingerprint density at radius 3 is 2.71 bits per heavy atom. The van der Waals surface area contributed by atoms with Gasteiger partial charge in [-0.3, -0.25) is 4.79 Å². The molecule has 0 bridgehead atoms. The van der Waals surface area contributed by atoms with E-state index >= 15 is 0 Å². The molecule has 0 saturated carbocycles. The molecule has 0 saturated heterocycles. The Labute approximate surface area is 122 Å². The van der Waals surface area contributed by atoms with Crippen LogP contribution in [0.1, 0.15) is 27.4 Å². The molecule has 104 valence electrons. The summed E-state index contributed by atoms with van der Waals surface area (Å²) in [5.41, 5.74) is 2.06. The maximum absolute atomic E-state index is 12.6. The van der Waals surface area contributed by atoms with E-state index in [-0.39, 0.29) is 12.6 Å². The number of ether oxygens (including phenoxy) is 2. The van der Waals surface area contributed by atoms with Gasteiger partial charge in [-0.2, -0.15) is 5.26 Å². The molecule has 4 heteroatoms. The van der Waals surface area contributed by atoms with Gasteiger partial charge in [0.15, 0.2) is 17.3 Å². The molecule has 1 unspecified atom stereocenters. The highest BCUT2D eigenvalue weighted by Crippen LogP contribution is 2.35. The third-order valence-corrected chi connectivity index (χ3v) is 3.53. The highest BCUT2D eigenvalue weighted by atomic mass is 16.7.